The minimum atomic E-state index is -2.49. The molecule has 0 radical (unpaired) electrons. The van der Waals surface area contributed by atoms with Crippen LogP contribution in [0.15, 0.2) is 6.20 Å². The molecule has 3 rings (SSSR count). The van der Waals surface area contributed by atoms with Crippen molar-refractivity contribution in [3.63, 3.8) is 0 Å². The Bertz CT molecular complexity index is 589. The van der Waals surface area contributed by atoms with E-state index in [-0.39, 0.29) is 18.0 Å². The second kappa shape index (κ2) is 6.09. The average Bonchev–Trinajstić information content (AvgIpc) is 3.08. The zero-order valence-electron chi connectivity index (χ0n) is 13.8. The summed E-state index contributed by atoms with van der Waals surface area (Å²) in [6, 6.07) is -0.864. The van der Waals surface area contributed by atoms with E-state index in [1.54, 1.807) is 0 Å². The lowest BCUT2D eigenvalue weighted by Gasteiger charge is -2.31. The molecule has 5 nitrogen and oxygen atoms in total. The summed E-state index contributed by atoms with van der Waals surface area (Å²) in [6.45, 7) is 6.80. The lowest BCUT2D eigenvalue weighted by Crippen LogP contribution is -2.38. The van der Waals surface area contributed by atoms with Gasteiger partial charge in [0.15, 0.2) is 0 Å². The number of aromatic nitrogens is 2. The SMILES string of the molecule is CCC1C(C)CCN1C(=O)c1cnn2c1N[C@@H](C)C[C@H]2C(F)F. The van der Waals surface area contributed by atoms with Crippen molar-refractivity contribution >= 4 is 11.7 Å². The smallest absolute Gasteiger partial charge is 0.260 e. The second-order valence-corrected chi connectivity index (χ2v) is 6.77. The van der Waals surface area contributed by atoms with Crippen molar-refractivity contribution < 1.29 is 13.6 Å². The Hall–Kier alpha value is -1.66. The van der Waals surface area contributed by atoms with Crippen LogP contribution in [0, 0.1) is 5.92 Å². The highest BCUT2D eigenvalue weighted by molar-refractivity contribution is 5.99. The maximum atomic E-state index is 13.3. The Kier molecular flexibility index (Phi) is 4.29. The third-order valence-corrected chi connectivity index (χ3v) is 5.17. The zero-order chi connectivity index (χ0) is 16.7. The standard InChI is InChI=1S/C16H24F2N4O/c1-4-12-9(2)5-6-21(12)16(23)11-8-19-22-13(14(17)18)7-10(3)20-15(11)22/h8-10,12-14,20H,4-7H2,1-3H3/t9?,10-,12?,13-/m0/s1. The van der Waals surface area contributed by atoms with Crippen molar-refractivity contribution in [3.8, 4) is 0 Å². The van der Waals surface area contributed by atoms with Crippen molar-refractivity contribution in [1.82, 2.24) is 14.7 Å². The summed E-state index contributed by atoms with van der Waals surface area (Å²) in [5, 5.41) is 7.24. The van der Waals surface area contributed by atoms with Crippen molar-refractivity contribution in [2.45, 2.75) is 64.6 Å². The number of hydrogen-bond acceptors (Lipinski definition) is 3. The minimum Gasteiger partial charge on any atom is -0.367 e. The van der Waals surface area contributed by atoms with Crippen LogP contribution < -0.4 is 5.32 Å². The van der Waals surface area contributed by atoms with E-state index >= 15 is 0 Å². The lowest BCUT2D eigenvalue weighted by molar-refractivity contribution is 0.0658. The topological polar surface area (TPSA) is 50.2 Å². The van der Waals surface area contributed by atoms with Gasteiger partial charge in [0.05, 0.1) is 6.20 Å². The van der Waals surface area contributed by atoms with Crippen LogP contribution in [0.1, 0.15) is 56.4 Å². The van der Waals surface area contributed by atoms with E-state index in [1.165, 1.54) is 10.9 Å². The largest absolute Gasteiger partial charge is 0.367 e. The van der Waals surface area contributed by atoms with Gasteiger partial charge in [-0.2, -0.15) is 5.10 Å². The first kappa shape index (κ1) is 16.2. The van der Waals surface area contributed by atoms with Crippen LogP contribution in [0.5, 0.6) is 0 Å². The highest BCUT2D eigenvalue weighted by Gasteiger charge is 2.38. The van der Waals surface area contributed by atoms with Crippen LogP contribution in [0.4, 0.5) is 14.6 Å². The summed E-state index contributed by atoms with van der Waals surface area (Å²) in [5.74, 6) is 0.807. The second-order valence-electron chi connectivity index (χ2n) is 6.77. The van der Waals surface area contributed by atoms with Crippen LogP contribution in [-0.2, 0) is 0 Å². The van der Waals surface area contributed by atoms with Crippen molar-refractivity contribution in [2.75, 3.05) is 11.9 Å². The third kappa shape index (κ3) is 2.70. The lowest BCUT2D eigenvalue weighted by atomic mass is 10.0. The Balaban J connectivity index is 1.91. The number of amides is 1. The fourth-order valence-electron chi connectivity index (χ4n) is 3.92. The number of halogens is 2. The normalized spacial score (nSPS) is 30.4. The van der Waals surface area contributed by atoms with Crippen LogP contribution in [-0.4, -0.2) is 45.6 Å². The quantitative estimate of drug-likeness (QED) is 0.928. The number of anilines is 1. The predicted octanol–water partition coefficient (Wildman–Crippen LogP) is 3.15. The summed E-state index contributed by atoms with van der Waals surface area (Å²) in [7, 11) is 0. The van der Waals surface area contributed by atoms with Gasteiger partial charge >= 0.3 is 0 Å². The highest BCUT2D eigenvalue weighted by Crippen LogP contribution is 2.35. The van der Waals surface area contributed by atoms with Crippen molar-refractivity contribution in [3.05, 3.63) is 11.8 Å². The number of alkyl halides is 2. The summed E-state index contributed by atoms with van der Waals surface area (Å²) < 4.78 is 27.8. The van der Waals surface area contributed by atoms with Crippen LogP contribution in [0.3, 0.4) is 0 Å². The fraction of sp³-hybridized carbons (Fsp3) is 0.750. The molecule has 4 atom stereocenters. The molecule has 0 saturated carbocycles. The van der Waals surface area contributed by atoms with Crippen LogP contribution in [0.25, 0.3) is 0 Å². The summed E-state index contributed by atoms with van der Waals surface area (Å²) >= 11 is 0. The van der Waals surface area contributed by atoms with Gasteiger partial charge in [0.1, 0.15) is 17.4 Å². The fourth-order valence-corrected chi connectivity index (χ4v) is 3.92. The van der Waals surface area contributed by atoms with Gasteiger partial charge < -0.3 is 10.2 Å². The number of carbonyl (C=O) groups is 1. The highest BCUT2D eigenvalue weighted by atomic mass is 19.3. The maximum absolute atomic E-state index is 13.3. The molecule has 1 saturated heterocycles. The van der Waals surface area contributed by atoms with Crippen LogP contribution >= 0.6 is 0 Å². The molecule has 3 heterocycles. The van der Waals surface area contributed by atoms with Crippen LogP contribution in [0.2, 0.25) is 0 Å². The Morgan fingerprint density at radius 1 is 1.48 bits per heavy atom. The molecule has 0 spiro atoms. The number of hydrogen-bond donors (Lipinski definition) is 1. The molecule has 0 aromatic carbocycles. The molecule has 1 N–H and O–H groups in total. The van der Waals surface area contributed by atoms with E-state index in [4.69, 9.17) is 0 Å². The Labute approximate surface area is 135 Å². The number of rotatable bonds is 3. The number of carbonyl (C=O) groups excluding carboxylic acids is 1. The molecule has 128 valence electrons. The predicted molar refractivity (Wildman–Crippen MR) is 83.9 cm³/mol. The van der Waals surface area contributed by atoms with Crippen molar-refractivity contribution in [1.29, 1.82) is 0 Å². The molecule has 1 aromatic rings. The van der Waals surface area contributed by atoms with E-state index in [0.29, 0.717) is 23.7 Å². The van der Waals surface area contributed by atoms with E-state index in [9.17, 15) is 13.6 Å². The number of likely N-dealkylation sites (tertiary alicyclic amines) is 1. The Morgan fingerprint density at radius 3 is 2.87 bits per heavy atom. The van der Waals surface area contributed by atoms with Gasteiger partial charge in [0.2, 0.25) is 0 Å². The van der Waals surface area contributed by atoms with Gasteiger partial charge in [0, 0.05) is 18.6 Å². The third-order valence-electron chi connectivity index (χ3n) is 5.17. The molecule has 1 amide bonds. The molecule has 2 aliphatic heterocycles. The molecule has 7 heteroatoms. The van der Waals surface area contributed by atoms with E-state index in [2.05, 4.69) is 24.3 Å². The molecule has 2 aliphatic rings. The first-order chi connectivity index (χ1) is 10.9. The molecule has 1 aromatic heterocycles. The first-order valence-corrected chi connectivity index (χ1v) is 8.37. The van der Waals surface area contributed by atoms with Gasteiger partial charge in [-0.05, 0) is 32.1 Å². The van der Waals surface area contributed by atoms with Gasteiger partial charge in [-0.1, -0.05) is 13.8 Å². The maximum Gasteiger partial charge on any atom is 0.260 e. The number of nitrogens with zero attached hydrogens (tertiary/aromatic N) is 3. The zero-order valence-corrected chi connectivity index (χ0v) is 13.8. The molecule has 23 heavy (non-hydrogen) atoms. The molecular formula is C16H24F2N4O. The average molecular weight is 326 g/mol. The molecule has 2 unspecified atom stereocenters. The van der Waals surface area contributed by atoms with E-state index in [1.807, 2.05) is 11.8 Å². The first-order valence-electron chi connectivity index (χ1n) is 8.37. The van der Waals surface area contributed by atoms with Crippen molar-refractivity contribution in [2.24, 2.45) is 5.92 Å². The minimum absolute atomic E-state index is 0.0999. The molecular weight excluding hydrogens is 302 g/mol. The van der Waals surface area contributed by atoms with Gasteiger partial charge in [-0.25, -0.2) is 13.5 Å². The van der Waals surface area contributed by atoms with E-state index in [0.717, 1.165) is 19.4 Å². The van der Waals surface area contributed by atoms with E-state index < -0.39 is 12.5 Å². The summed E-state index contributed by atoms with van der Waals surface area (Å²) in [5.41, 5.74) is 0.412. The van der Waals surface area contributed by atoms with Gasteiger partial charge in [-0.3, -0.25) is 4.79 Å². The number of nitrogens with one attached hydrogen (secondary N) is 1. The van der Waals surface area contributed by atoms with Gasteiger partial charge in [-0.15, -0.1) is 0 Å². The molecule has 1 fully saturated rings. The summed E-state index contributed by atoms with van der Waals surface area (Å²) in [4.78, 5) is 14.8. The summed E-state index contributed by atoms with van der Waals surface area (Å²) in [6.07, 6.45) is 1.14. The molecule has 0 bridgehead atoms. The molecule has 0 aliphatic carbocycles. The Morgan fingerprint density at radius 2 is 2.22 bits per heavy atom. The van der Waals surface area contributed by atoms with Gasteiger partial charge in [0.25, 0.3) is 12.3 Å². The number of fused-ring (bicyclic) bond motifs is 1. The monoisotopic (exact) mass is 326 g/mol.